The van der Waals surface area contributed by atoms with Crippen molar-refractivity contribution >= 4 is 0 Å². The van der Waals surface area contributed by atoms with E-state index in [9.17, 15) is 15.2 Å². The van der Waals surface area contributed by atoms with E-state index in [1.54, 1.807) is 0 Å². The molecule has 0 bridgehead atoms. The molecule has 25 heavy (non-hydrogen) atoms. The first-order valence-corrected chi connectivity index (χ1v) is 8.18. The molecule has 0 aliphatic carbocycles. The Morgan fingerprint density at radius 1 is 0.880 bits per heavy atom. The third-order valence-electron chi connectivity index (χ3n) is 3.77. The third kappa shape index (κ3) is 7.43. The van der Waals surface area contributed by atoms with E-state index in [-0.39, 0.29) is 19.8 Å². The number of ether oxygens (including phenoxy) is 2. The summed E-state index contributed by atoms with van der Waals surface area (Å²) in [6, 6.07) is 19.1. The van der Waals surface area contributed by atoms with Crippen molar-refractivity contribution in [1.29, 1.82) is 0 Å². The predicted molar refractivity (Wildman–Crippen MR) is 93.6 cm³/mol. The summed E-state index contributed by atoms with van der Waals surface area (Å²) in [6.45, 7) is 0.485. The molecule has 6 nitrogen and oxygen atoms in total. The van der Waals surface area contributed by atoms with Gasteiger partial charge in [-0.25, -0.2) is 0 Å². The Kier molecular flexibility index (Phi) is 8.04. The molecular weight excluding hydrogens is 322 g/mol. The zero-order valence-corrected chi connectivity index (χ0v) is 14.0. The summed E-state index contributed by atoms with van der Waals surface area (Å²) in [7, 11) is 0. The summed E-state index contributed by atoms with van der Waals surface area (Å²) in [5.74, 6) is -0.616. The van der Waals surface area contributed by atoms with Crippen LogP contribution < -0.4 is 0 Å². The van der Waals surface area contributed by atoms with E-state index < -0.39 is 16.9 Å². The molecule has 0 aliphatic rings. The van der Waals surface area contributed by atoms with Crippen molar-refractivity contribution in [2.45, 2.75) is 19.3 Å². The number of benzene rings is 2. The standard InChI is InChI=1S/C19H23NO5/c21-19(15-25-13-17-9-5-2-6-10-17)18(11-20(22)23)14-24-12-16-7-3-1-4-8-16/h1-10,18-19,21H,11-15H2/t18-,19+/m1/s1. The molecule has 6 heteroatoms. The van der Waals surface area contributed by atoms with Crippen molar-refractivity contribution in [3.05, 3.63) is 81.9 Å². The van der Waals surface area contributed by atoms with Gasteiger partial charge in [-0.2, -0.15) is 0 Å². The Hall–Kier alpha value is -2.28. The van der Waals surface area contributed by atoms with Gasteiger partial charge in [0.25, 0.3) is 0 Å². The first kappa shape index (κ1) is 19.1. The van der Waals surface area contributed by atoms with Gasteiger partial charge in [0, 0.05) is 4.92 Å². The largest absolute Gasteiger partial charge is 0.390 e. The van der Waals surface area contributed by atoms with Gasteiger partial charge in [0.15, 0.2) is 0 Å². The fourth-order valence-corrected chi connectivity index (χ4v) is 2.39. The van der Waals surface area contributed by atoms with E-state index >= 15 is 0 Å². The minimum absolute atomic E-state index is 0.0299. The van der Waals surface area contributed by atoms with Crippen LogP contribution in [0, 0.1) is 16.0 Å². The lowest BCUT2D eigenvalue weighted by molar-refractivity contribution is -0.491. The molecule has 0 aliphatic heterocycles. The molecule has 2 aromatic carbocycles. The smallest absolute Gasteiger partial charge is 0.211 e. The highest BCUT2D eigenvalue weighted by atomic mass is 16.6. The summed E-state index contributed by atoms with van der Waals surface area (Å²) in [5.41, 5.74) is 1.97. The summed E-state index contributed by atoms with van der Waals surface area (Å²) in [5, 5.41) is 21.1. The molecule has 1 N–H and O–H groups in total. The van der Waals surface area contributed by atoms with Gasteiger partial charge < -0.3 is 14.6 Å². The minimum atomic E-state index is -0.954. The number of hydrogen-bond donors (Lipinski definition) is 1. The molecular formula is C19H23NO5. The van der Waals surface area contributed by atoms with Crippen molar-refractivity contribution < 1.29 is 19.5 Å². The summed E-state index contributed by atoms with van der Waals surface area (Å²) >= 11 is 0. The van der Waals surface area contributed by atoms with E-state index in [1.807, 2.05) is 60.7 Å². The van der Waals surface area contributed by atoms with Gasteiger partial charge in [0.05, 0.1) is 38.4 Å². The molecule has 0 saturated carbocycles. The molecule has 2 aromatic rings. The van der Waals surface area contributed by atoms with E-state index in [4.69, 9.17) is 9.47 Å². The highest BCUT2D eigenvalue weighted by Gasteiger charge is 2.25. The maximum atomic E-state index is 10.8. The van der Waals surface area contributed by atoms with E-state index in [2.05, 4.69) is 0 Å². The number of rotatable bonds is 11. The zero-order valence-electron chi connectivity index (χ0n) is 14.0. The van der Waals surface area contributed by atoms with Crippen LogP contribution in [0.2, 0.25) is 0 Å². The van der Waals surface area contributed by atoms with Crippen LogP contribution in [0.25, 0.3) is 0 Å². The Morgan fingerprint density at radius 3 is 1.84 bits per heavy atom. The third-order valence-corrected chi connectivity index (χ3v) is 3.77. The number of hydrogen-bond acceptors (Lipinski definition) is 5. The van der Waals surface area contributed by atoms with Gasteiger partial charge in [-0.3, -0.25) is 10.1 Å². The average molecular weight is 345 g/mol. The van der Waals surface area contributed by atoms with E-state index in [1.165, 1.54) is 0 Å². The van der Waals surface area contributed by atoms with Crippen molar-refractivity contribution in [2.24, 2.45) is 5.92 Å². The molecule has 2 rings (SSSR count). The maximum absolute atomic E-state index is 10.8. The van der Waals surface area contributed by atoms with Gasteiger partial charge in [0.2, 0.25) is 6.54 Å². The van der Waals surface area contributed by atoms with Crippen LogP contribution in [0.4, 0.5) is 0 Å². The van der Waals surface area contributed by atoms with Crippen LogP contribution >= 0.6 is 0 Å². The fraction of sp³-hybridized carbons (Fsp3) is 0.368. The molecule has 134 valence electrons. The summed E-state index contributed by atoms with van der Waals surface area (Å²) in [6.07, 6.45) is -0.954. The lowest BCUT2D eigenvalue weighted by atomic mass is 10.0. The first-order valence-electron chi connectivity index (χ1n) is 8.18. The van der Waals surface area contributed by atoms with Crippen LogP contribution in [0.3, 0.4) is 0 Å². The van der Waals surface area contributed by atoms with Crippen molar-refractivity contribution in [3.8, 4) is 0 Å². The lowest BCUT2D eigenvalue weighted by Gasteiger charge is -2.19. The Labute approximate surface area is 147 Å². The normalized spacial score (nSPS) is 13.3. The number of nitrogens with zero attached hydrogens (tertiary/aromatic N) is 1. The number of nitro groups is 1. The van der Waals surface area contributed by atoms with E-state index in [0.29, 0.717) is 13.2 Å². The Bertz CT molecular complexity index is 620. The molecule has 0 amide bonds. The topological polar surface area (TPSA) is 81.8 Å². The summed E-state index contributed by atoms with van der Waals surface area (Å²) < 4.78 is 11.0. The minimum Gasteiger partial charge on any atom is -0.390 e. The van der Waals surface area contributed by atoms with Crippen LogP contribution in [0.1, 0.15) is 11.1 Å². The highest BCUT2D eigenvalue weighted by Crippen LogP contribution is 2.10. The highest BCUT2D eigenvalue weighted by molar-refractivity contribution is 5.14. The second-order valence-corrected chi connectivity index (χ2v) is 5.84. The summed E-state index contributed by atoms with van der Waals surface area (Å²) in [4.78, 5) is 10.4. The first-order chi connectivity index (χ1) is 12.1. The molecule has 0 heterocycles. The Morgan fingerprint density at radius 2 is 1.36 bits per heavy atom. The van der Waals surface area contributed by atoms with Gasteiger partial charge in [-0.1, -0.05) is 60.7 Å². The second kappa shape index (κ2) is 10.6. The van der Waals surface area contributed by atoms with Crippen LogP contribution in [0.5, 0.6) is 0 Å². The predicted octanol–water partition coefficient (Wildman–Crippen LogP) is 2.67. The number of aliphatic hydroxyl groups is 1. The number of aliphatic hydroxyl groups excluding tert-OH is 1. The van der Waals surface area contributed by atoms with Gasteiger partial charge in [0.1, 0.15) is 0 Å². The molecule has 0 radical (unpaired) electrons. The molecule has 2 atom stereocenters. The fourth-order valence-electron chi connectivity index (χ4n) is 2.39. The van der Waals surface area contributed by atoms with Gasteiger partial charge >= 0.3 is 0 Å². The molecule has 0 fully saturated rings. The van der Waals surface area contributed by atoms with Gasteiger partial charge in [-0.15, -0.1) is 0 Å². The zero-order chi connectivity index (χ0) is 17.9. The van der Waals surface area contributed by atoms with Crippen molar-refractivity contribution in [3.63, 3.8) is 0 Å². The lowest BCUT2D eigenvalue weighted by Crippen LogP contribution is -2.34. The quantitative estimate of drug-likeness (QED) is 0.500. The van der Waals surface area contributed by atoms with Crippen LogP contribution in [-0.2, 0) is 22.7 Å². The molecule has 0 aromatic heterocycles. The second-order valence-electron chi connectivity index (χ2n) is 5.84. The molecule has 0 spiro atoms. The van der Waals surface area contributed by atoms with Crippen LogP contribution in [0.15, 0.2) is 60.7 Å². The van der Waals surface area contributed by atoms with Crippen molar-refractivity contribution in [2.75, 3.05) is 19.8 Å². The SMILES string of the molecule is O=[N+]([O-])C[C@H](COCc1ccccc1)[C@@H](O)COCc1ccccc1. The average Bonchev–Trinajstić information content (AvgIpc) is 2.62. The molecule has 0 saturated heterocycles. The van der Waals surface area contributed by atoms with Crippen molar-refractivity contribution in [1.82, 2.24) is 0 Å². The Balaban J connectivity index is 1.77. The van der Waals surface area contributed by atoms with E-state index in [0.717, 1.165) is 11.1 Å². The maximum Gasteiger partial charge on any atom is 0.211 e. The monoisotopic (exact) mass is 345 g/mol. The van der Waals surface area contributed by atoms with Crippen LogP contribution in [-0.4, -0.2) is 35.9 Å². The van der Waals surface area contributed by atoms with Gasteiger partial charge in [-0.05, 0) is 11.1 Å². The molecule has 0 unspecified atom stereocenters.